The van der Waals surface area contributed by atoms with Gasteiger partial charge in [-0.3, -0.25) is 0 Å². The molecule has 0 saturated carbocycles. The van der Waals surface area contributed by atoms with Gasteiger partial charge in [-0.15, -0.1) is 11.6 Å². The fourth-order valence-electron chi connectivity index (χ4n) is 2.76. The largest absolute Gasteiger partial charge is 0.313 e. The van der Waals surface area contributed by atoms with Crippen LogP contribution in [0.5, 0.6) is 0 Å². The topological polar surface area (TPSA) is 15.3 Å². The van der Waals surface area contributed by atoms with Crippen molar-refractivity contribution in [2.24, 2.45) is 0 Å². The maximum atomic E-state index is 5.79. The third-order valence-electron chi connectivity index (χ3n) is 4.08. The molecule has 106 valence electrons. The molecule has 0 aromatic heterocycles. The van der Waals surface area contributed by atoms with Crippen LogP contribution in [0.2, 0.25) is 0 Å². The van der Waals surface area contributed by atoms with E-state index < -0.39 is 0 Å². The summed E-state index contributed by atoms with van der Waals surface area (Å²) in [7, 11) is 2.26. The Morgan fingerprint density at radius 1 is 1.21 bits per heavy atom. The molecule has 0 radical (unpaired) electrons. The van der Waals surface area contributed by atoms with Crippen molar-refractivity contribution in [2.75, 3.05) is 20.1 Å². The normalized spacial score (nSPS) is 20.6. The van der Waals surface area contributed by atoms with Gasteiger partial charge >= 0.3 is 0 Å². The van der Waals surface area contributed by atoms with Crippen LogP contribution < -0.4 is 5.32 Å². The number of benzene rings is 1. The first-order valence-corrected chi connectivity index (χ1v) is 7.88. The molecule has 19 heavy (non-hydrogen) atoms. The summed E-state index contributed by atoms with van der Waals surface area (Å²) in [6.07, 6.45) is 5.39. The molecule has 1 saturated heterocycles. The molecule has 2 rings (SSSR count). The highest BCUT2D eigenvalue weighted by atomic mass is 35.5. The second kappa shape index (κ2) is 7.88. The average molecular weight is 281 g/mol. The number of nitrogens with zero attached hydrogens (tertiary/aromatic N) is 1. The first kappa shape index (κ1) is 14.8. The summed E-state index contributed by atoms with van der Waals surface area (Å²) >= 11 is 5.79. The summed E-state index contributed by atoms with van der Waals surface area (Å²) in [6, 6.07) is 9.33. The van der Waals surface area contributed by atoms with E-state index in [-0.39, 0.29) is 0 Å². The van der Waals surface area contributed by atoms with Gasteiger partial charge in [-0.05, 0) is 50.5 Å². The Balaban J connectivity index is 1.65. The first-order chi connectivity index (χ1) is 9.29. The molecule has 0 aliphatic carbocycles. The fraction of sp³-hybridized carbons (Fsp3) is 0.625. The Bertz CT molecular complexity index is 364. The summed E-state index contributed by atoms with van der Waals surface area (Å²) in [4.78, 5) is 2.51. The number of hydrogen-bond donors (Lipinski definition) is 1. The van der Waals surface area contributed by atoms with Crippen molar-refractivity contribution in [3.63, 3.8) is 0 Å². The van der Waals surface area contributed by atoms with Gasteiger partial charge in [0.25, 0.3) is 0 Å². The quantitative estimate of drug-likeness (QED) is 0.635. The molecule has 0 spiro atoms. The molecule has 1 aromatic rings. The highest BCUT2D eigenvalue weighted by Gasteiger charge is 2.17. The number of piperidine rings is 1. The van der Waals surface area contributed by atoms with Crippen LogP contribution in [0.1, 0.15) is 36.8 Å². The third kappa shape index (κ3) is 4.79. The van der Waals surface area contributed by atoms with E-state index in [1.807, 2.05) is 0 Å². The number of rotatable bonds is 6. The Labute approximate surface area is 122 Å². The summed E-state index contributed by atoms with van der Waals surface area (Å²) < 4.78 is 0. The SMILES string of the molecule is CN1CCCCC1CCNCc1ccc(CCl)cc1. The minimum Gasteiger partial charge on any atom is -0.313 e. The zero-order valence-corrected chi connectivity index (χ0v) is 12.6. The predicted octanol–water partition coefficient (Wildman–Crippen LogP) is 3.39. The van der Waals surface area contributed by atoms with Crippen molar-refractivity contribution >= 4 is 11.6 Å². The van der Waals surface area contributed by atoms with Crippen molar-refractivity contribution in [1.29, 1.82) is 0 Å². The molecule has 0 bridgehead atoms. The zero-order valence-electron chi connectivity index (χ0n) is 11.9. The maximum absolute atomic E-state index is 5.79. The number of hydrogen-bond acceptors (Lipinski definition) is 2. The van der Waals surface area contributed by atoms with Gasteiger partial charge in [-0.2, -0.15) is 0 Å². The van der Waals surface area contributed by atoms with Crippen LogP contribution in [0.4, 0.5) is 0 Å². The lowest BCUT2D eigenvalue weighted by atomic mass is 10.0. The molecule has 1 atom stereocenters. The van der Waals surface area contributed by atoms with Crippen molar-refractivity contribution in [3.05, 3.63) is 35.4 Å². The van der Waals surface area contributed by atoms with E-state index in [0.29, 0.717) is 5.88 Å². The van der Waals surface area contributed by atoms with E-state index in [1.165, 1.54) is 43.4 Å². The van der Waals surface area contributed by atoms with Gasteiger partial charge in [0.1, 0.15) is 0 Å². The minimum absolute atomic E-state index is 0.599. The van der Waals surface area contributed by atoms with Crippen LogP contribution >= 0.6 is 11.6 Å². The average Bonchev–Trinajstić information content (AvgIpc) is 2.46. The van der Waals surface area contributed by atoms with Crippen molar-refractivity contribution in [3.8, 4) is 0 Å². The molecule has 3 heteroatoms. The monoisotopic (exact) mass is 280 g/mol. The van der Waals surface area contributed by atoms with Crippen LogP contribution in [-0.2, 0) is 12.4 Å². The van der Waals surface area contributed by atoms with E-state index in [4.69, 9.17) is 11.6 Å². The molecule has 1 aliphatic rings. The minimum atomic E-state index is 0.599. The van der Waals surface area contributed by atoms with Crippen LogP contribution in [0.25, 0.3) is 0 Å². The maximum Gasteiger partial charge on any atom is 0.0474 e. The molecule has 1 unspecified atom stereocenters. The molecule has 1 aromatic carbocycles. The van der Waals surface area contributed by atoms with Gasteiger partial charge in [-0.25, -0.2) is 0 Å². The first-order valence-electron chi connectivity index (χ1n) is 7.34. The van der Waals surface area contributed by atoms with Crippen LogP contribution in [0.3, 0.4) is 0 Å². The lowest BCUT2D eigenvalue weighted by molar-refractivity contribution is 0.175. The number of halogens is 1. The summed E-state index contributed by atoms with van der Waals surface area (Å²) in [6.45, 7) is 3.33. The molecular formula is C16H25ClN2. The highest BCUT2D eigenvalue weighted by Crippen LogP contribution is 2.17. The number of alkyl halides is 1. The molecule has 2 nitrogen and oxygen atoms in total. The van der Waals surface area contributed by atoms with Gasteiger partial charge in [-0.1, -0.05) is 30.7 Å². The van der Waals surface area contributed by atoms with Gasteiger partial charge in [0.15, 0.2) is 0 Å². The van der Waals surface area contributed by atoms with Crippen molar-refractivity contribution in [2.45, 2.75) is 44.1 Å². The lowest BCUT2D eigenvalue weighted by Gasteiger charge is -2.32. The van der Waals surface area contributed by atoms with Crippen LogP contribution in [0.15, 0.2) is 24.3 Å². The van der Waals surface area contributed by atoms with Gasteiger partial charge in [0.2, 0.25) is 0 Å². The summed E-state index contributed by atoms with van der Waals surface area (Å²) in [5.41, 5.74) is 2.53. The van der Waals surface area contributed by atoms with Gasteiger partial charge in [0.05, 0.1) is 0 Å². The molecule has 1 aliphatic heterocycles. The van der Waals surface area contributed by atoms with Gasteiger partial charge < -0.3 is 10.2 Å². The molecule has 1 N–H and O–H groups in total. The zero-order chi connectivity index (χ0) is 13.5. The standard InChI is InChI=1S/C16H25ClN2/c1-19-11-3-2-4-16(19)9-10-18-13-15-7-5-14(12-17)6-8-15/h5-8,16,18H,2-4,9-13H2,1H3. The number of likely N-dealkylation sites (tertiary alicyclic amines) is 1. The van der Waals surface area contributed by atoms with E-state index >= 15 is 0 Å². The van der Waals surface area contributed by atoms with Crippen LogP contribution in [0, 0.1) is 0 Å². The number of nitrogens with one attached hydrogen (secondary N) is 1. The molecule has 1 fully saturated rings. The van der Waals surface area contributed by atoms with Crippen molar-refractivity contribution < 1.29 is 0 Å². The van der Waals surface area contributed by atoms with E-state index in [0.717, 1.165) is 19.1 Å². The van der Waals surface area contributed by atoms with Crippen molar-refractivity contribution in [1.82, 2.24) is 10.2 Å². The summed E-state index contributed by atoms with van der Waals surface area (Å²) in [5, 5.41) is 3.55. The smallest absolute Gasteiger partial charge is 0.0474 e. The Morgan fingerprint density at radius 3 is 2.63 bits per heavy atom. The highest BCUT2D eigenvalue weighted by molar-refractivity contribution is 6.17. The second-order valence-electron chi connectivity index (χ2n) is 5.55. The second-order valence-corrected chi connectivity index (χ2v) is 5.81. The van der Waals surface area contributed by atoms with E-state index in [9.17, 15) is 0 Å². The van der Waals surface area contributed by atoms with Crippen LogP contribution in [-0.4, -0.2) is 31.1 Å². The molecule has 0 amide bonds. The summed E-state index contributed by atoms with van der Waals surface area (Å²) in [5.74, 6) is 0.599. The van der Waals surface area contributed by atoms with Gasteiger partial charge in [0, 0.05) is 18.5 Å². The van der Waals surface area contributed by atoms with E-state index in [2.05, 4.69) is 41.5 Å². The third-order valence-corrected chi connectivity index (χ3v) is 4.39. The Kier molecular flexibility index (Phi) is 6.15. The predicted molar refractivity (Wildman–Crippen MR) is 82.6 cm³/mol. The molecular weight excluding hydrogens is 256 g/mol. The lowest BCUT2D eigenvalue weighted by Crippen LogP contribution is -2.38. The Hall–Kier alpha value is -0.570. The fourth-order valence-corrected chi connectivity index (χ4v) is 2.93. The molecule has 1 heterocycles. The Morgan fingerprint density at radius 2 is 1.95 bits per heavy atom. The van der Waals surface area contributed by atoms with E-state index in [1.54, 1.807) is 0 Å².